The molecule has 3 atom stereocenters. The first-order chi connectivity index (χ1) is 17.3. The number of alkyl halides is 2. The third-order valence-corrected chi connectivity index (χ3v) is 7.86. The lowest BCUT2D eigenvalue weighted by molar-refractivity contribution is -0.122. The number of allylic oxidation sites excluding steroid dienone is 3. The van der Waals surface area contributed by atoms with Crippen molar-refractivity contribution in [2.24, 2.45) is 0 Å². The second kappa shape index (κ2) is 8.91. The average molecular weight is 564 g/mol. The number of rotatable bonds is 5. The highest BCUT2D eigenvalue weighted by Gasteiger charge is 2.74. The van der Waals surface area contributed by atoms with Gasteiger partial charge in [-0.15, -0.1) is 23.2 Å². The molecular weight excluding hydrogens is 548 g/mol. The molecule has 1 saturated heterocycles. The highest BCUT2D eigenvalue weighted by Crippen LogP contribution is 2.62. The number of imide groups is 1. The molecule has 1 N–H and O–H groups in total. The molecule has 2 aromatic rings. The van der Waals surface area contributed by atoms with Crippen molar-refractivity contribution in [3.8, 4) is 17.2 Å². The van der Waals surface area contributed by atoms with Crippen LogP contribution in [0.4, 0.5) is 27.6 Å². The quantitative estimate of drug-likeness (QED) is 0.177. The van der Waals surface area contributed by atoms with Crippen LogP contribution >= 0.6 is 23.2 Å². The Labute approximate surface area is 216 Å². The van der Waals surface area contributed by atoms with E-state index in [1.165, 1.54) is 26.4 Å². The highest BCUT2D eigenvalue weighted by atomic mass is 35.5. The number of hydrogen-bond donors (Lipinski definition) is 1. The fourth-order valence-corrected chi connectivity index (χ4v) is 5.55. The first kappa shape index (κ1) is 26.7. The van der Waals surface area contributed by atoms with E-state index in [1.54, 1.807) is 0 Å². The van der Waals surface area contributed by atoms with Gasteiger partial charge in [-0.2, -0.15) is 0 Å². The molecule has 3 unspecified atom stereocenters. The number of benzene rings is 2. The van der Waals surface area contributed by atoms with Gasteiger partial charge in [0, 0.05) is 23.6 Å². The van der Waals surface area contributed by atoms with Crippen LogP contribution in [0.5, 0.6) is 17.2 Å². The number of carbonyl (C=O) groups is 2. The standard InChI is InChI=1S/C24H16Cl2F5NO5/c1-4-9-5-6-23(25)21(34)32(20-18(30)16(28)15(27)17(29)19(20)31)22(35)24(23,26)14(9)13-11(36-2)7-10(33)8-12(13)37-3/h4-5,7-8,14,33H,1,6H2,2-3H3. The van der Waals surface area contributed by atoms with Crippen LogP contribution in [-0.2, 0) is 9.59 Å². The molecule has 2 aliphatic rings. The molecule has 2 aromatic carbocycles. The molecule has 0 aromatic heterocycles. The van der Waals surface area contributed by atoms with E-state index in [4.69, 9.17) is 32.7 Å². The number of amides is 2. The maximum Gasteiger partial charge on any atom is 0.258 e. The van der Waals surface area contributed by atoms with Crippen LogP contribution < -0.4 is 14.4 Å². The maximum atomic E-state index is 14.7. The summed E-state index contributed by atoms with van der Waals surface area (Å²) in [6, 6.07) is 2.29. The van der Waals surface area contributed by atoms with Crippen molar-refractivity contribution in [3.05, 3.63) is 71.1 Å². The number of carbonyl (C=O) groups excluding carboxylic acids is 2. The summed E-state index contributed by atoms with van der Waals surface area (Å²) in [6.45, 7) is 3.67. The minimum absolute atomic E-state index is 0.00548. The molecule has 0 radical (unpaired) electrons. The smallest absolute Gasteiger partial charge is 0.258 e. The number of phenolic OH excluding ortho intramolecular Hbond substituents is 1. The molecule has 1 heterocycles. The molecule has 4 rings (SSSR count). The van der Waals surface area contributed by atoms with Crippen LogP contribution in [0.25, 0.3) is 0 Å². The number of nitrogens with zero attached hydrogens (tertiary/aromatic N) is 1. The van der Waals surface area contributed by atoms with Crippen molar-refractivity contribution in [2.75, 3.05) is 19.1 Å². The van der Waals surface area contributed by atoms with E-state index in [0.29, 0.717) is 0 Å². The van der Waals surface area contributed by atoms with E-state index in [0.717, 1.165) is 12.1 Å². The summed E-state index contributed by atoms with van der Waals surface area (Å²) >= 11 is 13.5. The molecule has 37 heavy (non-hydrogen) atoms. The van der Waals surface area contributed by atoms with Gasteiger partial charge in [0.1, 0.15) is 22.9 Å². The summed E-state index contributed by atoms with van der Waals surface area (Å²) in [5.41, 5.74) is -1.62. The second-order valence-corrected chi connectivity index (χ2v) is 9.43. The van der Waals surface area contributed by atoms with Gasteiger partial charge in [0.25, 0.3) is 11.8 Å². The van der Waals surface area contributed by atoms with E-state index < -0.39 is 68.7 Å². The zero-order valence-electron chi connectivity index (χ0n) is 19.0. The van der Waals surface area contributed by atoms with Gasteiger partial charge in [-0.25, -0.2) is 26.9 Å². The van der Waals surface area contributed by atoms with Gasteiger partial charge in [0.15, 0.2) is 33.0 Å². The van der Waals surface area contributed by atoms with Gasteiger partial charge < -0.3 is 14.6 Å². The van der Waals surface area contributed by atoms with Crippen molar-refractivity contribution in [3.63, 3.8) is 0 Å². The molecule has 196 valence electrons. The third kappa shape index (κ3) is 3.36. The molecular formula is C24H16Cl2F5NO5. The van der Waals surface area contributed by atoms with E-state index >= 15 is 0 Å². The first-order valence-electron chi connectivity index (χ1n) is 10.4. The number of ether oxygens (including phenoxy) is 2. The van der Waals surface area contributed by atoms with Crippen LogP contribution in [0.15, 0.2) is 36.4 Å². The lowest BCUT2D eigenvalue weighted by atomic mass is 9.68. The highest BCUT2D eigenvalue weighted by molar-refractivity contribution is 6.58. The number of phenols is 1. The topological polar surface area (TPSA) is 76.1 Å². The van der Waals surface area contributed by atoms with Crippen LogP contribution in [0, 0.1) is 29.1 Å². The van der Waals surface area contributed by atoms with E-state index in [2.05, 4.69) is 6.58 Å². The summed E-state index contributed by atoms with van der Waals surface area (Å²) in [4.78, 5) is 22.0. The Morgan fingerprint density at radius 3 is 1.92 bits per heavy atom. The Morgan fingerprint density at radius 2 is 1.46 bits per heavy atom. The molecule has 1 aliphatic carbocycles. The molecule has 0 saturated carbocycles. The molecule has 0 spiro atoms. The van der Waals surface area contributed by atoms with E-state index in [-0.39, 0.29) is 33.3 Å². The minimum atomic E-state index is -2.61. The molecule has 2 amide bonds. The summed E-state index contributed by atoms with van der Waals surface area (Å²) in [5.74, 6) is -17.1. The summed E-state index contributed by atoms with van der Waals surface area (Å²) in [6.07, 6.45) is 2.18. The van der Waals surface area contributed by atoms with Crippen molar-refractivity contribution in [1.82, 2.24) is 0 Å². The maximum absolute atomic E-state index is 14.7. The first-order valence-corrected chi connectivity index (χ1v) is 11.1. The van der Waals surface area contributed by atoms with Crippen LogP contribution in [0.2, 0.25) is 0 Å². The molecule has 1 fully saturated rings. The van der Waals surface area contributed by atoms with Gasteiger partial charge in [-0.1, -0.05) is 18.7 Å². The Hall–Kier alpha value is -3.31. The van der Waals surface area contributed by atoms with Crippen molar-refractivity contribution >= 4 is 40.7 Å². The summed E-state index contributed by atoms with van der Waals surface area (Å²) < 4.78 is 81.8. The van der Waals surface area contributed by atoms with Gasteiger partial charge in [0.2, 0.25) is 5.82 Å². The molecule has 0 bridgehead atoms. The van der Waals surface area contributed by atoms with Gasteiger partial charge in [-0.3, -0.25) is 9.59 Å². The Kier molecular flexibility index (Phi) is 6.44. The zero-order valence-corrected chi connectivity index (χ0v) is 20.5. The van der Waals surface area contributed by atoms with Crippen LogP contribution in [0.1, 0.15) is 17.9 Å². The van der Waals surface area contributed by atoms with Crippen molar-refractivity contribution in [2.45, 2.75) is 22.1 Å². The van der Waals surface area contributed by atoms with Gasteiger partial charge in [0.05, 0.1) is 14.2 Å². The number of fused-ring (bicyclic) bond motifs is 1. The fraction of sp³-hybridized carbons (Fsp3) is 0.250. The zero-order chi connectivity index (χ0) is 27.6. The average Bonchev–Trinajstić information content (AvgIpc) is 3.03. The number of halogens is 7. The largest absolute Gasteiger partial charge is 0.508 e. The lowest BCUT2D eigenvalue weighted by Crippen LogP contribution is -2.55. The predicted octanol–water partition coefficient (Wildman–Crippen LogP) is 5.23. The third-order valence-electron chi connectivity index (χ3n) is 6.45. The summed E-state index contributed by atoms with van der Waals surface area (Å²) in [7, 11) is 2.44. The van der Waals surface area contributed by atoms with Crippen molar-refractivity contribution < 1.29 is 46.1 Å². The molecule has 13 heteroatoms. The molecule has 1 aliphatic heterocycles. The van der Waals surface area contributed by atoms with E-state index in [9.17, 15) is 36.6 Å². The second-order valence-electron chi connectivity index (χ2n) is 8.19. The van der Waals surface area contributed by atoms with Crippen molar-refractivity contribution in [1.29, 1.82) is 0 Å². The summed E-state index contributed by atoms with van der Waals surface area (Å²) in [5, 5.41) is 10.1. The number of anilines is 1. The number of methoxy groups -OCH3 is 2. The SMILES string of the molecule is C=CC1=CCC2(Cl)C(=O)N(c3c(F)c(F)c(F)c(F)c3F)C(=O)C2(Cl)C1c1c(OC)cc(O)cc1OC. The predicted molar refractivity (Wildman–Crippen MR) is 123 cm³/mol. The Balaban J connectivity index is 2.06. The van der Waals surface area contributed by atoms with E-state index in [1.807, 2.05) is 0 Å². The van der Waals surface area contributed by atoms with Crippen LogP contribution in [-0.4, -0.2) is 40.9 Å². The lowest BCUT2D eigenvalue weighted by Gasteiger charge is -2.42. The monoisotopic (exact) mass is 563 g/mol. The molecule has 6 nitrogen and oxygen atoms in total. The minimum Gasteiger partial charge on any atom is -0.508 e. The normalized spacial score (nSPS) is 25.2. The van der Waals surface area contributed by atoms with Gasteiger partial charge in [-0.05, 0) is 12.0 Å². The number of hydrogen-bond acceptors (Lipinski definition) is 5. The Morgan fingerprint density at radius 1 is 0.973 bits per heavy atom. The Bertz CT molecular complexity index is 1360. The number of aromatic hydroxyl groups is 1. The van der Waals surface area contributed by atoms with Gasteiger partial charge >= 0.3 is 0 Å². The fourth-order valence-electron chi connectivity index (χ4n) is 4.72. The van der Waals surface area contributed by atoms with Crippen LogP contribution in [0.3, 0.4) is 0 Å².